The van der Waals surface area contributed by atoms with E-state index < -0.39 is 5.82 Å². The Morgan fingerprint density at radius 2 is 2.26 bits per heavy atom. The number of amides is 1. The summed E-state index contributed by atoms with van der Waals surface area (Å²) in [6.45, 7) is 0.685. The molecule has 0 aliphatic carbocycles. The van der Waals surface area contributed by atoms with E-state index in [1.54, 1.807) is 23.0 Å². The highest BCUT2D eigenvalue weighted by molar-refractivity contribution is 6.31. The predicted octanol–water partition coefficient (Wildman–Crippen LogP) is 3.51. The van der Waals surface area contributed by atoms with Gasteiger partial charge in [0.25, 0.3) is 0 Å². The van der Waals surface area contributed by atoms with Crippen LogP contribution in [-0.4, -0.2) is 27.1 Å². The first kappa shape index (κ1) is 16.0. The van der Waals surface area contributed by atoms with E-state index in [2.05, 4.69) is 5.10 Å². The Morgan fingerprint density at radius 1 is 1.43 bits per heavy atom. The number of piperidine rings is 1. The lowest BCUT2D eigenvalue weighted by Gasteiger charge is -2.35. The number of halogens is 2. The molecule has 23 heavy (non-hydrogen) atoms. The van der Waals surface area contributed by atoms with Gasteiger partial charge in [0.15, 0.2) is 0 Å². The van der Waals surface area contributed by atoms with Crippen LogP contribution in [-0.2, 0) is 18.3 Å². The third kappa shape index (κ3) is 3.39. The van der Waals surface area contributed by atoms with Gasteiger partial charge in [0.2, 0.25) is 5.91 Å². The molecule has 6 heteroatoms. The monoisotopic (exact) mass is 335 g/mol. The van der Waals surface area contributed by atoms with Crippen LogP contribution in [0.15, 0.2) is 30.6 Å². The molecule has 1 aromatic heterocycles. The summed E-state index contributed by atoms with van der Waals surface area (Å²) in [5.41, 5.74) is 1.30. The molecule has 1 aliphatic heterocycles. The number of hydrogen-bond acceptors (Lipinski definition) is 2. The number of rotatable bonds is 3. The van der Waals surface area contributed by atoms with Crippen LogP contribution in [0.5, 0.6) is 0 Å². The van der Waals surface area contributed by atoms with Crippen molar-refractivity contribution in [3.8, 4) is 0 Å². The van der Waals surface area contributed by atoms with Gasteiger partial charge in [-0.3, -0.25) is 9.48 Å². The highest BCUT2D eigenvalue weighted by atomic mass is 35.5. The Hall–Kier alpha value is -1.88. The van der Waals surface area contributed by atoms with Crippen molar-refractivity contribution >= 4 is 17.5 Å². The number of aryl methyl sites for hydroxylation is 1. The number of nitrogens with zero attached hydrogens (tertiary/aromatic N) is 3. The summed E-state index contributed by atoms with van der Waals surface area (Å²) in [5.74, 6) is -0.522. The molecule has 3 rings (SSSR count). The molecule has 1 fully saturated rings. The van der Waals surface area contributed by atoms with E-state index in [9.17, 15) is 9.18 Å². The van der Waals surface area contributed by atoms with Crippen LogP contribution in [0.1, 0.15) is 36.4 Å². The van der Waals surface area contributed by atoms with E-state index in [1.807, 2.05) is 18.1 Å². The maximum absolute atomic E-state index is 13.9. The summed E-state index contributed by atoms with van der Waals surface area (Å²) in [6, 6.07) is 4.51. The number of hydrogen-bond donors (Lipinski definition) is 0. The Kier molecular flexibility index (Phi) is 4.66. The molecule has 2 aromatic rings. The maximum atomic E-state index is 13.9. The van der Waals surface area contributed by atoms with Crippen LogP contribution < -0.4 is 0 Å². The molecule has 0 N–H and O–H groups in total. The number of carbonyl (C=O) groups excluding carboxylic acids is 1. The van der Waals surface area contributed by atoms with Gasteiger partial charge in [-0.1, -0.05) is 17.7 Å². The zero-order valence-corrected chi connectivity index (χ0v) is 13.8. The average molecular weight is 336 g/mol. The molecule has 1 saturated heterocycles. The fraction of sp³-hybridized carbons (Fsp3) is 0.412. The maximum Gasteiger partial charge on any atom is 0.227 e. The van der Waals surface area contributed by atoms with Crippen LogP contribution >= 0.6 is 11.6 Å². The van der Waals surface area contributed by atoms with Gasteiger partial charge in [-0.05, 0) is 31.4 Å². The lowest BCUT2D eigenvalue weighted by Crippen LogP contribution is -2.39. The molecule has 1 aliphatic rings. The fourth-order valence-electron chi connectivity index (χ4n) is 3.14. The molecule has 1 amide bonds. The molecular weight excluding hydrogens is 317 g/mol. The van der Waals surface area contributed by atoms with E-state index in [4.69, 9.17) is 11.6 Å². The molecule has 1 aromatic carbocycles. The fourth-order valence-corrected chi connectivity index (χ4v) is 3.37. The van der Waals surface area contributed by atoms with Crippen molar-refractivity contribution in [1.82, 2.24) is 14.7 Å². The molecule has 1 atom stereocenters. The molecule has 4 nitrogen and oxygen atoms in total. The van der Waals surface area contributed by atoms with Crippen molar-refractivity contribution in [2.45, 2.75) is 31.7 Å². The third-order valence-electron chi connectivity index (χ3n) is 4.32. The van der Waals surface area contributed by atoms with Crippen molar-refractivity contribution in [1.29, 1.82) is 0 Å². The van der Waals surface area contributed by atoms with Crippen molar-refractivity contribution in [3.05, 3.63) is 52.6 Å². The van der Waals surface area contributed by atoms with Crippen LogP contribution in [0, 0.1) is 5.82 Å². The highest BCUT2D eigenvalue weighted by Gasteiger charge is 2.29. The molecule has 0 unspecified atom stereocenters. The quantitative estimate of drug-likeness (QED) is 0.861. The van der Waals surface area contributed by atoms with E-state index in [1.165, 1.54) is 6.07 Å². The zero-order valence-electron chi connectivity index (χ0n) is 13.0. The Labute approximate surface area is 139 Å². The molecule has 0 spiro atoms. The minimum atomic E-state index is -0.430. The van der Waals surface area contributed by atoms with Crippen molar-refractivity contribution < 1.29 is 9.18 Å². The van der Waals surface area contributed by atoms with E-state index in [0.29, 0.717) is 11.6 Å². The summed E-state index contributed by atoms with van der Waals surface area (Å²) in [6.07, 6.45) is 6.67. The number of benzene rings is 1. The number of likely N-dealkylation sites (tertiary alicyclic amines) is 1. The van der Waals surface area contributed by atoms with Gasteiger partial charge >= 0.3 is 0 Å². The van der Waals surface area contributed by atoms with Gasteiger partial charge in [-0.25, -0.2) is 4.39 Å². The largest absolute Gasteiger partial charge is 0.335 e. The van der Waals surface area contributed by atoms with E-state index >= 15 is 0 Å². The zero-order chi connectivity index (χ0) is 16.4. The molecular formula is C17H19ClFN3O. The van der Waals surface area contributed by atoms with Gasteiger partial charge in [-0.15, -0.1) is 0 Å². The molecule has 0 radical (unpaired) electrons. The first-order valence-electron chi connectivity index (χ1n) is 7.77. The lowest BCUT2D eigenvalue weighted by molar-refractivity contribution is -0.134. The standard InChI is InChI=1S/C17H19ClFN3O/c1-21-11-12(10-20-21)16-7-2-3-8-22(16)17(23)9-13-14(18)5-4-6-15(13)19/h4-6,10-11,16H,2-3,7-9H2,1H3/t16-/m0/s1. The second kappa shape index (κ2) is 6.71. The number of carbonyl (C=O) groups is 1. The molecule has 0 bridgehead atoms. The summed E-state index contributed by atoms with van der Waals surface area (Å²) in [4.78, 5) is 14.6. The van der Waals surface area contributed by atoms with Crippen LogP contribution in [0.25, 0.3) is 0 Å². The normalized spacial score (nSPS) is 18.2. The number of aromatic nitrogens is 2. The Balaban J connectivity index is 1.82. The first-order chi connectivity index (χ1) is 11.1. The molecule has 0 saturated carbocycles. The second-order valence-corrected chi connectivity index (χ2v) is 6.33. The van der Waals surface area contributed by atoms with Gasteiger partial charge in [0.05, 0.1) is 18.7 Å². The van der Waals surface area contributed by atoms with Gasteiger partial charge < -0.3 is 4.90 Å². The minimum Gasteiger partial charge on any atom is -0.335 e. The third-order valence-corrected chi connectivity index (χ3v) is 4.68. The minimum absolute atomic E-state index is 0.00972. The lowest BCUT2D eigenvalue weighted by atomic mass is 9.96. The second-order valence-electron chi connectivity index (χ2n) is 5.92. The molecule has 2 heterocycles. The van der Waals surface area contributed by atoms with E-state index in [0.717, 1.165) is 24.8 Å². The highest BCUT2D eigenvalue weighted by Crippen LogP contribution is 2.31. The van der Waals surface area contributed by atoms with Crippen molar-refractivity contribution in [2.75, 3.05) is 6.54 Å². The van der Waals surface area contributed by atoms with Gasteiger partial charge in [0.1, 0.15) is 5.82 Å². The van der Waals surface area contributed by atoms with Crippen LogP contribution in [0.3, 0.4) is 0 Å². The van der Waals surface area contributed by atoms with Crippen LogP contribution in [0.4, 0.5) is 4.39 Å². The van der Waals surface area contributed by atoms with Crippen molar-refractivity contribution in [2.24, 2.45) is 7.05 Å². The predicted molar refractivity (Wildman–Crippen MR) is 86.6 cm³/mol. The molecule has 122 valence electrons. The van der Waals surface area contributed by atoms with Gasteiger partial charge in [0, 0.05) is 35.9 Å². The smallest absolute Gasteiger partial charge is 0.227 e. The SMILES string of the molecule is Cn1cc([C@@H]2CCCCN2C(=O)Cc2c(F)cccc2Cl)cn1. The summed E-state index contributed by atoms with van der Waals surface area (Å²) in [5, 5.41) is 4.49. The van der Waals surface area contributed by atoms with Gasteiger partial charge in [-0.2, -0.15) is 5.10 Å². The summed E-state index contributed by atoms with van der Waals surface area (Å²) < 4.78 is 15.7. The Bertz CT molecular complexity index is 695. The average Bonchev–Trinajstić information content (AvgIpc) is 2.97. The van der Waals surface area contributed by atoms with E-state index in [-0.39, 0.29) is 23.9 Å². The summed E-state index contributed by atoms with van der Waals surface area (Å²) >= 11 is 6.05. The summed E-state index contributed by atoms with van der Waals surface area (Å²) in [7, 11) is 1.86. The first-order valence-corrected chi connectivity index (χ1v) is 8.15. The Morgan fingerprint density at radius 3 is 2.96 bits per heavy atom. The van der Waals surface area contributed by atoms with Crippen molar-refractivity contribution in [3.63, 3.8) is 0 Å². The van der Waals surface area contributed by atoms with Crippen LogP contribution in [0.2, 0.25) is 5.02 Å². The topological polar surface area (TPSA) is 38.1 Å².